The molecule has 2 aromatic carbocycles. The fraction of sp³-hybridized carbons (Fsp3) is 0.346. The number of benzene rings is 2. The fourth-order valence-corrected chi connectivity index (χ4v) is 7.26. The summed E-state index contributed by atoms with van der Waals surface area (Å²) in [5.74, 6) is 0.369. The van der Waals surface area contributed by atoms with Gasteiger partial charge in [-0.25, -0.2) is 23.4 Å². The number of aliphatic hydroxyl groups is 1. The first kappa shape index (κ1) is 26.8. The van der Waals surface area contributed by atoms with Crippen LogP contribution in [-0.4, -0.2) is 70.8 Å². The lowest BCUT2D eigenvalue weighted by Gasteiger charge is -2.46. The van der Waals surface area contributed by atoms with Crippen LogP contribution in [0.25, 0.3) is 22.2 Å². The molecular formula is C26H21F5N6O4S. The van der Waals surface area contributed by atoms with Crippen LogP contribution < -0.4 is 13.9 Å². The first-order chi connectivity index (χ1) is 19.7. The third-order valence-corrected chi connectivity index (χ3v) is 9.10. The highest BCUT2D eigenvalue weighted by Gasteiger charge is 2.61. The van der Waals surface area contributed by atoms with E-state index in [1.807, 2.05) is 4.57 Å². The lowest BCUT2D eigenvalue weighted by atomic mass is 9.94. The van der Waals surface area contributed by atoms with Crippen LogP contribution in [0.1, 0.15) is 29.9 Å². The number of β-amino-alcohol motifs (C(OH)–C–C–N with tert-alkyl or cyclic N) is 1. The number of aromatic nitrogens is 4. The highest BCUT2D eigenvalue weighted by molar-refractivity contribution is 7.92. The Morgan fingerprint density at radius 3 is 2.43 bits per heavy atom. The van der Waals surface area contributed by atoms with Gasteiger partial charge in [-0.3, -0.25) is 4.31 Å². The number of anilines is 2. The van der Waals surface area contributed by atoms with Gasteiger partial charge in [-0.2, -0.15) is 22.0 Å². The van der Waals surface area contributed by atoms with E-state index in [0.29, 0.717) is 33.5 Å². The van der Waals surface area contributed by atoms with Crippen molar-refractivity contribution in [3.63, 3.8) is 0 Å². The molecule has 42 heavy (non-hydrogen) atoms. The average molecular weight is 609 g/mol. The summed E-state index contributed by atoms with van der Waals surface area (Å²) in [5.41, 5.74) is 0.117. The molecule has 10 nitrogen and oxygen atoms in total. The molecule has 16 heteroatoms. The molecule has 5 heterocycles. The quantitative estimate of drug-likeness (QED) is 0.338. The van der Waals surface area contributed by atoms with Gasteiger partial charge >= 0.3 is 12.8 Å². The van der Waals surface area contributed by atoms with E-state index in [4.69, 9.17) is 9.72 Å². The van der Waals surface area contributed by atoms with Gasteiger partial charge in [-0.05, 0) is 29.8 Å². The standard InChI is InChI=1S/C26H21F5N6O4S/c1-42(39,40)37-16-3-2-4-20(41-23(27)28)21(16)18-8-19(37)22-34-15-6-5-13(7-17(15)36(18)22)14-9-32-24(33-10-14)35-11-25(38,12-35)26(29,30)31/h2-7,9-10,18-19,23,38H,8,11-12H2,1H3/t18-,19-/m1/s1. The molecule has 2 atom stereocenters. The lowest BCUT2D eigenvalue weighted by molar-refractivity contribution is -0.267. The molecule has 4 aromatic rings. The minimum absolute atomic E-state index is 0.0387. The molecule has 0 spiro atoms. The topological polar surface area (TPSA) is 114 Å². The van der Waals surface area contributed by atoms with Gasteiger partial charge in [0.15, 0.2) is 5.60 Å². The molecule has 0 aliphatic carbocycles. The van der Waals surface area contributed by atoms with Gasteiger partial charge in [0.25, 0.3) is 0 Å². The van der Waals surface area contributed by atoms with Crippen molar-refractivity contribution in [2.75, 3.05) is 28.6 Å². The summed E-state index contributed by atoms with van der Waals surface area (Å²) in [5, 5.41) is 9.70. The maximum atomic E-state index is 13.3. The lowest BCUT2D eigenvalue weighted by Crippen LogP contribution is -2.69. The van der Waals surface area contributed by atoms with Gasteiger partial charge in [-0.15, -0.1) is 0 Å². The van der Waals surface area contributed by atoms with E-state index in [2.05, 4.69) is 9.97 Å². The molecule has 0 radical (unpaired) electrons. The molecule has 0 unspecified atom stereocenters. The number of rotatable bonds is 5. The summed E-state index contributed by atoms with van der Waals surface area (Å²) in [4.78, 5) is 14.3. The highest BCUT2D eigenvalue weighted by Crippen LogP contribution is 2.56. The molecule has 3 aliphatic heterocycles. The van der Waals surface area contributed by atoms with Crippen LogP contribution in [0.2, 0.25) is 0 Å². The second-order valence-electron chi connectivity index (χ2n) is 10.6. The number of alkyl halides is 5. The maximum Gasteiger partial charge on any atom is 0.420 e. The van der Waals surface area contributed by atoms with E-state index in [0.717, 1.165) is 6.26 Å². The summed E-state index contributed by atoms with van der Waals surface area (Å²) in [6.45, 7) is -4.46. The van der Waals surface area contributed by atoms with Crippen molar-refractivity contribution in [2.45, 2.75) is 36.9 Å². The predicted molar refractivity (Wildman–Crippen MR) is 140 cm³/mol. The fourth-order valence-electron chi connectivity index (χ4n) is 6.10. The van der Waals surface area contributed by atoms with Crippen molar-refractivity contribution in [3.05, 3.63) is 60.2 Å². The van der Waals surface area contributed by atoms with E-state index in [9.17, 15) is 35.5 Å². The van der Waals surface area contributed by atoms with Gasteiger partial charge < -0.3 is 19.3 Å². The molecule has 1 saturated heterocycles. The number of hydrogen-bond acceptors (Lipinski definition) is 8. The summed E-state index contributed by atoms with van der Waals surface area (Å²) in [7, 11) is -3.84. The van der Waals surface area contributed by atoms with E-state index >= 15 is 0 Å². The molecule has 0 saturated carbocycles. The number of halogens is 5. The zero-order chi connectivity index (χ0) is 29.8. The molecule has 1 N–H and O–H groups in total. The minimum Gasteiger partial charge on any atom is -0.434 e. The third-order valence-electron chi connectivity index (χ3n) is 7.93. The molecular weight excluding hydrogens is 587 g/mol. The zero-order valence-electron chi connectivity index (χ0n) is 21.6. The van der Waals surface area contributed by atoms with Crippen LogP contribution in [0.15, 0.2) is 48.8 Å². The van der Waals surface area contributed by atoms with Gasteiger partial charge in [0, 0.05) is 29.9 Å². The van der Waals surface area contributed by atoms with Crippen LogP contribution in [0, 0.1) is 0 Å². The van der Waals surface area contributed by atoms with Crippen LogP contribution >= 0.6 is 0 Å². The number of ether oxygens (including phenoxy) is 1. The Balaban J connectivity index is 1.28. The Kier molecular flexibility index (Phi) is 5.58. The molecule has 2 bridgehead atoms. The van der Waals surface area contributed by atoms with Crippen molar-refractivity contribution >= 4 is 32.7 Å². The van der Waals surface area contributed by atoms with Crippen molar-refractivity contribution in [3.8, 4) is 16.9 Å². The summed E-state index contributed by atoms with van der Waals surface area (Å²) in [6.07, 6.45) is -0.542. The summed E-state index contributed by atoms with van der Waals surface area (Å²) < 4.78 is 99.3. The van der Waals surface area contributed by atoms with Gasteiger partial charge in [0.1, 0.15) is 17.6 Å². The molecule has 3 aliphatic rings. The van der Waals surface area contributed by atoms with E-state index in [-0.39, 0.29) is 23.8 Å². The Labute approximate surface area is 235 Å². The molecule has 220 valence electrons. The van der Waals surface area contributed by atoms with Crippen LogP contribution in [0.4, 0.5) is 33.6 Å². The van der Waals surface area contributed by atoms with Gasteiger partial charge in [0.05, 0.1) is 42.1 Å². The highest BCUT2D eigenvalue weighted by atomic mass is 32.2. The largest absolute Gasteiger partial charge is 0.434 e. The molecule has 2 aromatic heterocycles. The van der Waals surface area contributed by atoms with E-state index in [1.54, 1.807) is 24.3 Å². The Morgan fingerprint density at radius 1 is 1.07 bits per heavy atom. The second kappa shape index (κ2) is 8.73. The van der Waals surface area contributed by atoms with Crippen molar-refractivity contribution in [1.82, 2.24) is 19.5 Å². The molecule has 7 rings (SSSR count). The van der Waals surface area contributed by atoms with Crippen molar-refractivity contribution in [2.24, 2.45) is 0 Å². The second-order valence-corrected chi connectivity index (χ2v) is 12.5. The Morgan fingerprint density at radius 2 is 1.79 bits per heavy atom. The molecule has 0 amide bonds. The predicted octanol–water partition coefficient (Wildman–Crippen LogP) is 4.02. The monoisotopic (exact) mass is 608 g/mol. The SMILES string of the molecule is CS(=O)(=O)N1c2cccc(OC(F)F)c2[C@H]2C[C@@H]1c1nc3ccc(-c4cnc(N5CC(O)(C(F)(F)F)C5)nc4)cc3n12. The van der Waals surface area contributed by atoms with E-state index in [1.165, 1.54) is 33.7 Å². The first-order valence-corrected chi connectivity index (χ1v) is 14.6. The minimum atomic E-state index is -4.76. The van der Waals surface area contributed by atoms with Crippen molar-refractivity contribution < 1.29 is 40.2 Å². The number of nitrogens with zero attached hydrogens (tertiary/aromatic N) is 6. The van der Waals surface area contributed by atoms with E-state index < -0.39 is 53.6 Å². The zero-order valence-corrected chi connectivity index (χ0v) is 22.4. The third kappa shape index (κ3) is 3.91. The Bertz CT molecular complexity index is 1840. The summed E-state index contributed by atoms with van der Waals surface area (Å²) >= 11 is 0. The van der Waals surface area contributed by atoms with Crippen LogP contribution in [-0.2, 0) is 10.0 Å². The molecule has 1 fully saturated rings. The number of fused-ring (bicyclic) bond motifs is 9. The van der Waals surface area contributed by atoms with Crippen LogP contribution in [0.5, 0.6) is 5.75 Å². The number of imidazole rings is 1. The maximum absolute atomic E-state index is 13.3. The summed E-state index contributed by atoms with van der Waals surface area (Å²) in [6, 6.07) is 8.46. The Hall–Kier alpha value is -4.05. The van der Waals surface area contributed by atoms with Gasteiger partial charge in [0.2, 0.25) is 16.0 Å². The average Bonchev–Trinajstić information content (AvgIpc) is 3.41. The number of hydrogen-bond donors (Lipinski definition) is 1. The first-order valence-electron chi connectivity index (χ1n) is 12.7. The van der Waals surface area contributed by atoms with Gasteiger partial charge in [-0.1, -0.05) is 12.1 Å². The normalized spacial score (nSPS) is 21.0. The van der Waals surface area contributed by atoms with Crippen molar-refractivity contribution in [1.29, 1.82) is 0 Å². The number of sulfonamides is 1. The van der Waals surface area contributed by atoms with Crippen LogP contribution in [0.3, 0.4) is 0 Å². The smallest absolute Gasteiger partial charge is 0.420 e.